The highest BCUT2D eigenvalue weighted by Crippen LogP contribution is 2.14. The number of amides is 1. The van der Waals surface area contributed by atoms with Crippen LogP contribution < -0.4 is 11.5 Å². The standard InChI is InChI=1S/C10H12N4O4S/c1-10(2,6(16)3-15)18-14-7(8(11)17)5-4-19-9(12)13-5/h3-4H,1-2H3,(H2,11,17)(H2,12,13)/b14-7-/i4D/hD2. The Hall–Kier alpha value is -2.29. The summed E-state index contributed by atoms with van der Waals surface area (Å²) < 4.78 is 21.8. The number of Topliss-reactive ketones (excluding diaryl/α,β-unsaturated/α-hetero) is 1. The maximum Gasteiger partial charge on any atom is 0.273 e. The quantitative estimate of drug-likeness (QED) is 0.299. The van der Waals surface area contributed by atoms with E-state index >= 15 is 0 Å². The third-order valence-electron chi connectivity index (χ3n) is 1.97. The van der Waals surface area contributed by atoms with Crippen molar-refractivity contribution in [2.45, 2.75) is 19.4 Å². The average molecular weight is 287 g/mol. The zero-order valence-corrected chi connectivity index (χ0v) is 10.9. The molecule has 102 valence electrons. The summed E-state index contributed by atoms with van der Waals surface area (Å²) in [7, 11) is 0. The second kappa shape index (κ2) is 5.57. The predicted molar refractivity (Wildman–Crippen MR) is 68.5 cm³/mol. The molecule has 8 nitrogen and oxygen atoms in total. The summed E-state index contributed by atoms with van der Waals surface area (Å²) in [5.41, 5.74) is 2.82. The van der Waals surface area contributed by atoms with Crippen LogP contribution in [-0.4, -0.2) is 34.3 Å². The summed E-state index contributed by atoms with van der Waals surface area (Å²) in [6, 6.07) is 0. The van der Waals surface area contributed by atoms with Crippen molar-refractivity contribution in [1.82, 2.24) is 4.98 Å². The Labute approximate surface area is 116 Å². The van der Waals surface area contributed by atoms with E-state index < -0.39 is 23.0 Å². The van der Waals surface area contributed by atoms with Crippen molar-refractivity contribution < 1.29 is 23.4 Å². The van der Waals surface area contributed by atoms with E-state index in [0.29, 0.717) is 11.3 Å². The van der Waals surface area contributed by atoms with Crippen LogP contribution in [0, 0.1) is 0 Å². The molecule has 1 aromatic rings. The van der Waals surface area contributed by atoms with Crippen LogP contribution in [0.2, 0.25) is 2.82 Å². The maximum absolute atomic E-state index is 11.4. The van der Waals surface area contributed by atoms with Crippen molar-refractivity contribution in [3.63, 3.8) is 0 Å². The minimum atomic E-state index is -1.62. The number of thiazole rings is 1. The Bertz CT molecular complexity index is 644. The number of carbonyl (C=O) groups is 3. The fraction of sp³-hybridized carbons (Fsp3) is 0.300. The summed E-state index contributed by atoms with van der Waals surface area (Å²) in [5.74, 6) is -1.99. The second-order valence-electron chi connectivity index (χ2n) is 3.83. The Balaban J connectivity index is 3.20. The van der Waals surface area contributed by atoms with E-state index in [1.807, 2.05) is 0 Å². The van der Waals surface area contributed by atoms with Gasteiger partial charge in [0.1, 0.15) is 5.69 Å². The van der Waals surface area contributed by atoms with Gasteiger partial charge in [0.25, 0.3) is 5.91 Å². The molecular weight excluding hydrogens is 272 g/mol. The molecule has 0 atom stereocenters. The smallest absolute Gasteiger partial charge is 0.273 e. The molecule has 1 aromatic heterocycles. The molecule has 4 N–H and O–H groups in total. The topological polar surface area (TPSA) is 138 Å². The lowest BCUT2D eigenvalue weighted by atomic mass is 10.1. The summed E-state index contributed by atoms with van der Waals surface area (Å²) in [5, 5.41) is 2.97. The van der Waals surface area contributed by atoms with Gasteiger partial charge in [-0.1, -0.05) is 5.16 Å². The molecule has 0 bridgehead atoms. The predicted octanol–water partition coefficient (Wildman–Crippen LogP) is -0.522. The lowest BCUT2D eigenvalue weighted by molar-refractivity contribution is -0.145. The minimum Gasteiger partial charge on any atom is -0.381 e. The molecule has 0 fully saturated rings. The van der Waals surface area contributed by atoms with Crippen LogP contribution in [0.3, 0.4) is 0 Å². The van der Waals surface area contributed by atoms with Crippen molar-refractivity contribution in [2.24, 2.45) is 10.9 Å². The molecule has 0 unspecified atom stereocenters. The number of hydrogen-bond donors (Lipinski definition) is 2. The average Bonchev–Trinajstić information content (AvgIpc) is 2.80. The Morgan fingerprint density at radius 2 is 2.37 bits per heavy atom. The Morgan fingerprint density at radius 1 is 1.68 bits per heavy atom. The van der Waals surface area contributed by atoms with Crippen LogP contribution in [0.15, 0.2) is 10.5 Å². The zero-order chi connectivity index (χ0) is 17.1. The highest BCUT2D eigenvalue weighted by molar-refractivity contribution is 7.13. The Morgan fingerprint density at radius 3 is 2.84 bits per heavy atom. The number of oxime groups is 1. The van der Waals surface area contributed by atoms with E-state index in [0.717, 1.165) is 0 Å². The number of rotatable bonds is 7. The van der Waals surface area contributed by atoms with E-state index in [1.54, 1.807) is 0 Å². The molecule has 9 heteroatoms. The number of nitrogens with two attached hydrogens (primary N) is 2. The summed E-state index contributed by atoms with van der Waals surface area (Å²) >= 11 is 0.652. The van der Waals surface area contributed by atoms with E-state index in [4.69, 9.17) is 14.8 Å². The number of anilines is 1. The maximum atomic E-state index is 11.4. The molecule has 0 aliphatic carbocycles. The van der Waals surface area contributed by atoms with Crippen LogP contribution in [0.1, 0.15) is 20.9 Å². The fourth-order valence-corrected chi connectivity index (χ4v) is 1.36. The molecule has 1 heterocycles. The van der Waals surface area contributed by atoms with Crippen LogP contribution >= 0.6 is 11.3 Å². The second-order valence-corrected chi connectivity index (χ2v) is 4.61. The van der Waals surface area contributed by atoms with E-state index in [-0.39, 0.29) is 28.2 Å². The summed E-state index contributed by atoms with van der Waals surface area (Å²) in [4.78, 5) is 41.8. The van der Waals surface area contributed by atoms with Gasteiger partial charge in [0.05, 0.1) is 1.37 Å². The first-order valence-electron chi connectivity index (χ1n) is 6.31. The largest absolute Gasteiger partial charge is 0.381 e. The van der Waals surface area contributed by atoms with Gasteiger partial charge in [-0.05, 0) is 13.8 Å². The number of ketones is 1. The van der Waals surface area contributed by atoms with Gasteiger partial charge in [0.15, 0.2) is 25.6 Å². The molecule has 0 aliphatic heterocycles. The van der Waals surface area contributed by atoms with Gasteiger partial charge in [-0.2, -0.15) is 0 Å². The molecule has 0 aromatic carbocycles. The summed E-state index contributed by atoms with van der Waals surface area (Å²) in [6.07, 6.45) is 0.0500. The van der Waals surface area contributed by atoms with Gasteiger partial charge in [0.2, 0.25) is 5.78 Å². The first-order valence-corrected chi connectivity index (χ1v) is 5.73. The molecule has 0 saturated heterocycles. The summed E-state index contributed by atoms with van der Waals surface area (Å²) in [6.45, 7) is 2.52. The molecule has 0 spiro atoms. The van der Waals surface area contributed by atoms with Gasteiger partial charge in [-0.3, -0.25) is 14.4 Å². The molecule has 0 aliphatic rings. The van der Waals surface area contributed by atoms with Crippen LogP contribution in [-0.2, 0) is 19.2 Å². The van der Waals surface area contributed by atoms with Gasteiger partial charge >= 0.3 is 0 Å². The lowest BCUT2D eigenvalue weighted by Gasteiger charge is -2.17. The van der Waals surface area contributed by atoms with E-state index in [2.05, 4.69) is 10.1 Å². The molecule has 0 saturated carbocycles. The zero-order valence-electron chi connectivity index (χ0n) is 13.0. The number of nitrogen functional groups attached to an aromatic ring is 1. The lowest BCUT2D eigenvalue weighted by Crippen LogP contribution is -2.35. The molecule has 19 heavy (non-hydrogen) atoms. The van der Waals surface area contributed by atoms with E-state index in [9.17, 15) is 14.4 Å². The highest BCUT2D eigenvalue weighted by atomic mass is 32.1. The molecule has 1 amide bonds. The van der Waals surface area contributed by atoms with Crippen molar-refractivity contribution in [1.29, 1.82) is 0 Å². The first-order chi connectivity index (χ1) is 10.1. The third kappa shape index (κ3) is 3.58. The fourth-order valence-electron chi connectivity index (χ4n) is 0.888. The third-order valence-corrected chi connectivity index (χ3v) is 2.54. The SMILES string of the molecule is [2H]c1sc(N([2H])[2H])nc1/C(=N/OC(C)(C)C(=O)C=O)C(N)=O. The van der Waals surface area contributed by atoms with Crippen LogP contribution in [0.4, 0.5) is 5.13 Å². The van der Waals surface area contributed by atoms with Crippen molar-refractivity contribution in [3.8, 4) is 0 Å². The van der Waals surface area contributed by atoms with Crippen molar-refractivity contribution in [2.75, 3.05) is 5.72 Å². The number of aromatic nitrogens is 1. The number of nitrogens with zero attached hydrogens (tertiary/aromatic N) is 2. The number of aldehydes is 1. The number of carbonyl (C=O) groups excluding carboxylic acids is 3. The van der Waals surface area contributed by atoms with E-state index in [1.165, 1.54) is 13.8 Å². The highest BCUT2D eigenvalue weighted by Gasteiger charge is 2.30. The molecular formula is C10H12N4O4S. The Kier molecular flexibility index (Phi) is 3.11. The minimum absolute atomic E-state index is 0.0500. The van der Waals surface area contributed by atoms with Gasteiger partial charge in [0, 0.05) is 5.36 Å². The van der Waals surface area contributed by atoms with Crippen molar-refractivity contribution in [3.05, 3.63) is 11.1 Å². The number of hydrogen-bond acceptors (Lipinski definition) is 8. The van der Waals surface area contributed by atoms with Gasteiger partial charge in [-0.25, -0.2) is 4.98 Å². The van der Waals surface area contributed by atoms with Gasteiger partial charge in [-0.15, -0.1) is 11.3 Å². The normalized spacial score (nSPS) is 14.0. The van der Waals surface area contributed by atoms with Gasteiger partial charge < -0.3 is 16.3 Å². The first kappa shape index (κ1) is 10.6. The molecule has 0 radical (unpaired) electrons. The van der Waals surface area contributed by atoms with Crippen LogP contribution in [0.5, 0.6) is 0 Å². The van der Waals surface area contributed by atoms with Crippen molar-refractivity contribution >= 4 is 40.2 Å². The van der Waals surface area contributed by atoms with Crippen LogP contribution in [0.25, 0.3) is 0 Å². The monoisotopic (exact) mass is 287 g/mol. The molecule has 1 rings (SSSR count). The number of primary amides is 1.